The van der Waals surface area contributed by atoms with Crippen molar-refractivity contribution in [1.29, 1.82) is 0 Å². The molecule has 5 nitrogen and oxygen atoms in total. The molecule has 1 aromatic carbocycles. The van der Waals surface area contributed by atoms with Gasteiger partial charge in [0.2, 0.25) is 11.8 Å². The summed E-state index contributed by atoms with van der Waals surface area (Å²) in [6, 6.07) is 10.6. The van der Waals surface area contributed by atoms with Gasteiger partial charge >= 0.3 is 0 Å². The van der Waals surface area contributed by atoms with Gasteiger partial charge in [0, 0.05) is 25.9 Å². The van der Waals surface area contributed by atoms with Crippen LogP contribution in [0.4, 0.5) is 0 Å². The Hall–Kier alpha value is -2.17. The molecule has 0 radical (unpaired) electrons. The summed E-state index contributed by atoms with van der Waals surface area (Å²) < 4.78 is 5.05. The molecule has 1 saturated heterocycles. The van der Waals surface area contributed by atoms with E-state index in [-0.39, 0.29) is 5.91 Å². The van der Waals surface area contributed by atoms with E-state index in [1.54, 1.807) is 6.92 Å². The molecule has 1 aliphatic rings. The van der Waals surface area contributed by atoms with Gasteiger partial charge in [0.25, 0.3) is 0 Å². The predicted molar refractivity (Wildman–Crippen MR) is 86.8 cm³/mol. The monoisotopic (exact) mass is 313 g/mol. The Morgan fingerprint density at radius 2 is 2.00 bits per heavy atom. The summed E-state index contributed by atoms with van der Waals surface area (Å²) in [4.78, 5) is 18.4. The van der Waals surface area contributed by atoms with Gasteiger partial charge in [-0.2, -0.15) is 4.98 Å². The molecule has 0 atom stereocenters. The highest BCUT2D eigenvalue weighted by atomic mass is 16.5. The average molecular weight is 313 g/mol. The van der Waals surface area contributed by atoms with Crippen LogP contribution in [0.15, 0.2) is 34.9 Å². The fraction of sp³-hybridized carbons (Fsp3) is 0.500. The second kappa shape index (κ2) is 7.40. The van der Waals surface area contributed by atoms with E-state index in [1.165, 1.54) is 5.56 Å². The Kier molecular flexibility index (Phi) is 5.05. The average Bonchev–Trinajstić information content (AvgIpc) is 3.00. The predicted octanol–water partition coefficient (Wildman–Crippen LogP) is 2.79. The number of hydrogen-bond acceptors (Lipinski definition) is 4. The van der Waals surface area contributed by atoms with Gasteiger partial charge in [-0.1, -0.05) is 35.5 Å². The minimum absolute atomic E-state index is 0.194. The molecule has 2 heterocycles. The van der Waals surface area contributed by atoms with E-state index in [0.717, 1.165) is 32.4 Å². The molecule has 1 aliphatic heterocycles. The van der Waals surface area contributed by atoms with Gasteiger partial charge in [-0.05, 0) is 37.7 Å². The van der Waals surface area contributed by atoms with Crippen LogP contribution in [-0.4, -0.2) is 34.0 Å². The number of rotatable bonds is 5. The van der Waals surface area contributed by atoms with Crippen LogP contribution in [0.3, 0.4) is 0 Å². The second-order valence-electron chi connectivity index (χ2n) is 6.25. The van der Waals surface area contributed by atoms with Crippen molar-refractivity contribution >= 4 is 5.91 Å². The largest absolute Gasteiger partial charge is 0.343 e. The number of carbonyl (C=O) groups is 1. The number of benzene rings is 1. The van der Waals surface area contributed by atoms with Crippen LogP contribution in [0, 0.1) is 12.8 Å². The SMILES string of the molecule is Cc1noc(CCC(=O)N2CCC(Cc3ccccc3)CC2)n1. The van der Waals surface area contributed by atoms with Crippen molar-refractivity contribution in [2.24, 2.45) is 5.92 Å². The standard InChI is InChI=1S/C18H23N3O2/c1-14-19-17(23-20-14)7-8-18(22)21-11-9-16(10-12-21)13-15-5-3-2-4-6-15/h2-6,16H,7-13H2,1H3. The molecule has 0 bridgehead atoms. The Morgan fingerprint density at radius 3 is 2.65 bits per heavy atom. The van der Waals surface area contributed by atoms with Crippen molar-refractivity contribution in [3.05, 3.63) is 47.6 Å². The highest BCUT2D eigenvalue weighted by Gasteiger charge is 2.23. The van der Waals surface area contributed by atoms with Crippen LogP contribution >= 0.6 is 0 Å². The molecule has 1 aromatic heterocycles. The van der Waals surface area contributed by atoms with E-state index >= 15 is 0 Å². The van der Waals surface area contributed by atoms with E-state index in [2.05, 4.69) is 40.5 Å². The molecule has 0 unspecified atom stereocenters. The lowest BCUT2D eigenvalue weighted by atomic mass is 9.90. The Labute approximate surface area is 136 Å². The smallest absolute Gasteiger partial charge is 0.227 e. The van der Waals surface area contributed by atoms with Crippen molar-refractivity contribution in [3.8, 4) is 0 Å². The highest BCUT2D eigenvalue weighted by molar-refractivity contribution is 5.76. The molecule has 0 spiro atoms. The third-order valence-corrected chi connectivity index (χ3v) is 4.46. The van der Waals surface area contributed by atoms with Crippen molar-refractivity contribution in [3.63, 3.8) is 0 Å². The second-order valence-corrected chi connectivity index (χ2v) is 6.25. The van der Waals surface area contributed by atoms with Crippen molar-refractivity contribution in [2.75, 3.05) is 13.1 Å². The van der Waals surface area contributed by atoms with Gasteiger partial charge in [-0.25, -0.2) is 0 Å². The number of hydrogen-bond donors (Lipinski definition) is 0. The van der Waals surface area contributed by atoms with Gasteiger partial charge in [0.1, 0.15) is 0 Å². The molecule has 3 rings (SSSR count). The number of aromatic nitrogens is 2. The molecule has 5 heteroatoms. The van der Waals surface area contributed by atoms with Gasteiger partial charge < -0.3 is 9.42 Å². The molecule has 2 aromatic rings. The third kappa shape index (κ3) is 4.41. The maximum Gasteiger partial charge on any atom is 0.227 e. The summed E-state index contributed by atoms with van der Waals surface area (Å²) in [5.41, 5.74) is 1.39. The Bertz CT molecular complexity index is 631. The fourth-order valence-corrected chi connectivity index (χ4v) is 3.15. The first-order valence-corrected chi connectivity index (χ1v) is 8.31. The van der Waals surface area contributed by atoms with E-state index in [1.807, 2.05) is 4.90 Å². The maximum absolute atomic E-state index is 12.3. The van der Waals surface area contributed by atoms with E-state index in [0.29, 0.717) is 30.5 Å². The van der Waals surface area contributed by atoms with E-state index < -0.39 is 0 Å². The summed E-state index contributed by atoms with van der Waals surface area (Å²) >= 11 is 0. The van der Waals surface area contributed by atoms with Crippen LogP contribution in [0.5, 0.6) is 0 Å². The molecular weight excluding hydrogens is 290 g/mol. The third-order valence-electron chi connectivity index (χ3n) is 4.46. The van der Waals surface area contributed by atoms with Crippen LogP contribution < -0.4 is 0 Å². The molecular formula is C18H23N3O2. The van der Waals surface area contributed by atoms with Crippen LogP contribution in [0.2, 0.25) is 0 Å². The van der Waals surface area contributed by atoms with Crippen LogP contribution in [-0.2, 0) is 17.6 Å². The van der Waals surface area contributed by atoms with Crippen molar-refractivity contribution < 1.29 is 9.32 Å². The summed E-state index contributed by atoms with van der Waals surface area (Å²) in [5, 5.41) is 3.75. The lowest BCUT2D eigenvalue weighted by Gasteiger charge is -2.32. The normalized spacial score (nSPS) is 15.8. The number of carbonyl (C=O) groups excluding carboxylic acids is 1. The summed E-state index contributed by atoms with van der Waals surface area (Å²) in [5.74, 6) is 2.04. The zero-order valence-corrected chi connectivity index (χ0v) is 13.6. The summed E-state index contributed by atoms with van der Waals surface area (Å²) in [7, 11) is 0. The molecule has 0 aliphatic carbocycles. The zero-order valence-electron chi connectivity index (χ0n) is 13.6. The molecule has 0 N–H and O–H groups in total. The maximum atomic E-state index is 12.3. The number of likely N-dealkylation sites (tertiary alicyclic amines) is 1. The molecule has 0 saturated carbocycles. The Balaban J connectivity index is 1.42. The summed E-state index contributed by atoms with van der Waals surface area (Å²) in [6.07, 6.45) is 4.26. The van der Waals surface area contributed by atoms with Gasteiger partial charge in [-0.3, -0.25) is 4.79 Å². The van der Waals surface area contributed by atoms with Crippen LogP contribution in [0.1, 0.15) is 36.5 Å². The topological polar surface area (TPSA) is 59.2 Å². The summed E-state index contributed by atoms with van der Waals surface area (Å²) in [6.45, 7) is 3.50. The quantitative estimate of drug-likeness (QED) is 0.851. The van der Waals surface area contributed by atoms with Gasteiger partial charge in [0.15, 0.2) is 5.82 Å². The minimum Gasteiger partial charge on any atom is -0.343 e. The minimum atomic E-state index is 0.194. The van der Waals surface area contributed by atoms with E-state index in [9.17, 15) is 4.79 Å². The van der Waals surface area contributed by atoms with E-state index in [4.69, 9.17) is 4.52 Å². The fourth-order valence-electron chi connectivity index (χ4n) is 3.15. The van der Waals surface area contributed by atoms with Crippen molar-refractivity contribution in [2.45, 2.75) is 39.0 Å². The molecule has 122 valence electrons. The number of nitrogens with zero attached hydrogens (tertiary/aromatic N) is 3. The zero-order chi connectivity index (χ0) is 16.1. The number of piperidine rings is 1. The number of amides is 1. The van der Waals surface area contributed by atoms with Crippen LogP contribution in [0.25, 0.3) is 0 Å². The Morgan fingerprint density at radius 1 is 1.26 bits per heavy atom. The van der Waals surface area contributed by atoms with Gasteiger partial charge in [0.05, 0.1) is 0 Å². The lowest BCUT2D eigenvalue weighted by molar-refractivity contribution is -0.132. The molecule has 1 fully saturated rings. The lowest BCUT2D eigenvalue weighted by Crippen LogP contribution is -2.39. The molecule has 23 heavy (non-hydrogen) atoms. The first kappa shape index (κ1) is 15.7. The highest BCUT2D eigenvalue weighted by Crippen LogP contribution is 2.22. The number of aryl methyl sites for hydroxylation is 2. The first-order valence-electron chi connectivity index (χ1n) is 8.31. The van der Waals surface area contributed by atoms with Crippen molar-refractivity contribution in [1.82, 2.24) is 15.0 Å². The first-order chi connectivity index (χ1) is 11.2. The van der Waals surface area contributed by atoms with Gasteiger partial charge in [-0.15, -0.1) is 0 Å². The molecule has 1 amide bonds.